The number of hydrogen-bond acceptors (Lipinski definition) is 4. The fourth-order valence-electron chi connectivity index (χ4n) is 2.10. The van der Waals surface area contributed by atoms with Crippen molar-refractivity contribution in [3.05, 3.63) is 18.0 Å². The maximum Gasteiger partial charge on any atom is 0.225 e. The summed E-state index contributed by atoms with van der Waals surface area (Å²) in [5.74, 6) is 0.802. The van der Waals surface area contributed by atoms with Crippen molar-refractivity contribution in [2.45, 2.75) is 38.8 Å². The van der Waals surface area contributed by atoms with E-state index in [4.69, 9.17) is 5.11 Å². The monoisotopic (exact) mass is 207 g/mol. The lowest BCUT2D eigenvalue weighted by Gasteiger charge is -2.23. The van der Waals surface area contributed by atoms with Crippen LogP contribution in [0.15, 0.2) is 12.4 Å². The summed E-state index contributed by atoms with van der Waals surface area (Å²) in [6, 6.07) is 0.588. The van der Waals surface area contributed by atoms with Gasteiger partial charge in [0.1, 0.15) is 0 Å². The Labute approximate surface area is 90.0 Å². The molecule has 1 unspecified atom stereocenters. The van der Waals surface area contributed by atoms with E-state index < -0.39 is 0 Å². The SMILES string of the molecule is CCC1CCCN1c1ncc(CO)cn1. The van der Waals surface area contributed by atoms with Gasteiger partial charge in [-0.2, -0.15) is 0 Å². The minimum Gasteiger partial charge on any atom is -0.392 e. The second-order valence-electron chi connectivity index (χ2n) is 3.95. The topological polar surface area (TPSA) is 49.2 Å². The summed E-state index contributed by atoms with van der Waals surface area (Å²) in [6.45, 7) is 3.26. The predicted molar refractivity (Wildman–Crippen MR) is 58.6 cm³/mol. The molecule has 0 spiro atoms. The van der Waals surface area contributed by atoms with Gasteiger partial charge in [0.25, 0.3) is 0 Å². The molecule has 4 heteroatoms. The Morgan fingerprint density at radius 2 is 2.20 bits per heavy atom. The highest BCUT2D eigenvalue weighted by Gasteiger charge is 2.24. The van der Waals surface area contributed by atoms with Crippen molar-refractivity contribution in [2.75, 3.05) is 11.4 Å². The molecule has 4 nitrogen and oxygen atoms in total. The van der Waals surface area contributed by atoms with Crippen molar-refractivity contribution in [1.29, 1.82) is 0 Å². The molecule has 1 saturated heterocycles. The van der Waals surface area contributed by atoms with Crippen LogP contribution in [0.2, 0.25) is 0 Å². The van der Waals surface area contributed by atoms with Crippen molar-refractivity contribution in [1.82, 2.24) is 9.97 Å². The lowest BCUT2D eigenvalue weighted by atomic mass is 10.2. The Morgan fingerprint density at radius 3 is 2.80 bits per heavy atom. The van der Waals surface area contributed by atoms with Gasteiger partial charge in [0.15, 0.2) is 0 Å². The molecule has 1 atom stereocenters. The van der Waals surface area contributed by atoms with E-state index in [1.165, 1.54) is 12.8 Å². The molecule has 1 N–H and O–H groups in total. The van der Waals surface area contributed by atoms with E-state index in [-0.39, 0.29) is 6.61 Å². The molecule has 82 valence electrons. The van der Waals surface area contributed by atoms with Crippen molar-refractivity contribution in [2.24, 2.45) is 0 Å². The predicted octanol–water partition coefficient (Wildman–Crippen LogP) is 1.35. The molecule has 15 heavy (non-hydrogen) atoms. The van der Waals surface area contributed by atoms with Crippen LogP contribution >= 0.6 is 0 Å². The molecular weight excluding hydrogens is 190 g/mol. The number of aliphatic hydroxyl groups excluding tert-OH is 1. The Bertz CT molecular complexity index is 312. The quantitative estimate of drug-likeness (QED) is 0.812. The van der Waals surface area contributed by atoms with Crippen LogP contribution in [0.4, 0.5) is 5.95 Å². The van der Waals surface area contributed by atoms with Crippen LogP contribution < -0.4 is 4.90 Å². The van der Waals surface area contributed by atoms with Crippen LogP contribution in [0.25, 0.3) is 0 Å². The number of aliphatic hydroxyl groups is 1. The summed E-state index contributed by atoms with van der Waals surface area (Å²) < 4.78 is 0. The first-order chi connectivity index (χ1) is 7.35. The Morgan fingerprint density at radius 1 is 1.47 bits per heavy atom. The highest BCUT2D eigenvalue weighted by atomic mass is 16.3. The minimum absolute atomic E-state index is 0.0114. The summed E-state index contributed by atoms with van der Waals surface area (Å²) in [5, 5.41) is 8.90. The van der Waals surface area contributed by atoms with E-state index in [9.17, 15) is 0 Å². The van der Waals surface area contributed by atoms with Gasteiger partial charge >= 0.3 is 0 Å². The van der Waals surface area contributed by atoms with Gasteiger partial charge in [-0.15, -0.1) is 0 Å². The van der Waals surface area contributed by atoms with E-state index in [0.29, 0.717) is 6.04 Å². The maximum atomic E-state index is 8.90. The van der Waals surface area contributed by atoms with Crippen LogP contribution in [-0.2, 0) is 6.61 Å². The van der Waals surface area contributed by atoms with Gasteiger partial charge in [-0.3, -0.25) is 0 Å². The average molecular weight is 207 g/mol. The second kappa shape index (κ2) is 4.57. The fourth-order valence-corrected chi connectivity index (χ4v) is 2.10. The van der Waals surface area contributed by atoms with Crippen LogP contribution in [-0.4, -0.2) is 27.7 Å². The van der Waals surface area contributed by atoms with E-state index in [1.54, 1.807) is 12.4 Å². The molecule has 1 aliphatic heterocycles. The van der Waals surface area contributed by atoms with Crippen molar-refractivity contribution in [3.63, 3.8) is 0 Å². The average Bonchev–Trinajstić information content (AvgIpc) is 2.77. The third-order valence-electron chi connectivity index (χ3n) is 2.98. The number of aromatic nitrogens is 2. The van der Waals surface area contributed by atoms with Gasteiger partial charge in [0, 0.05) is 30.5 Å². The third-order valence-corrected chi connectivity index (χ3v) is 2.98. The van der Waals surface area contributed by atoms with E-state index in [2.05, 4.69) is 21.8 Å². The highest BCUT2D eigenvalue weighted by Crippen LogP contribution is 2.23. The summed E-state index contributed by atoms with van der Waals surface area (Å²) in [6.07, 6.45) is 7.01. The summed E-state index contributed by atoms with van der Waals surface area (Å²) in [7, 11) is 0. The van der Waals surface area contributed by atoms with Gasteiger partial charge in [0.05, 0.1) is 6.61 Å². The second-order valence-corrected chi connectivity index (χ2v) is 3.95. The van der Waals surface area contributed by atoms with E-state index >= 15 is 0 Å². The Balaban J connectivity index is 2.14. The molecule has 0 saturated carbocycles. The zero-order chi connectivity index (χ0) is 10.7. The smallest absolute Gasteiger partial charge is 0.225 e. The standard InChI is InChI=1S/C11H17N3O/c1-2-10-4-3-5-14(10)11-12-6-9(8-15)7-13-11/h6-7,10,15H,2-5,8H2,1H3. The highest BCUT2D eigenvalue weighted by molar-refractivity contribution is 5.33. The summed E-state index contributed by atoms with van der Waals surface area (Å²) in [5.41, 5.74) is 0.769. The van der Waals surface area contributed by atoms with E-state index in [1.807, 2.05) is 0 Å². The molecule has 0 amide bonds. The molecule has 0 aliphatic carbocycles. The normalized spacial score (nSPS) is 20.9. The first-order valence-corrected chi connectivity index (χ1v) is 5.53. The Hall–Kier alpha value is -1.16. The van der Waals surface area contributed by atoms with Crippen LogP contribution in [0.5, 0.6) is 0 Å². The van der Waals surface area contributed by atoms with Gasteiger partial charge in [0.2, 0.25) is 5.95 Å². The molecule has 1 aromatic heterocycles. The molecule has 0 radical (unpaired) electrons. The number of anilines is 1. The molecule has 1 fully saturated rings. The molecule has 2 rings (SSSR count). The van der Waals surface area contributed by atoms with Gasteiger partial charge < -0.3 is 10.0 Å². The molecule has 0 aromatic carbocycles. The van der Waals surface area contributed by atoms with Crippen molar-refractivity contribution >= 4 is 5.95 Å². The van der Waals surface area contributed by atoms with E-state index in [0.717, 1.165) is 24.5 Å². The molecule has 0 bridgehead atoms. The number of hydrogen-bond donors (Lipinski definition) is 1. The fraction of sp³-hybridized carbons (Fsp3) is 0.636. The third kappa shape index (κ3) is 2.09. The van der Waals surface area contributed by atoms with Crippen molar-refractivity contribution < 1.29 is 5.11 Å². The summed E-state index contributed by atoms with van der Waals surface area (Å²) >= 11 is 0. The maximum absolute atomic E-state index is 8.90. The van der Waals surface area contributed by atoms with Crippen LogP contribution in [0.3, 0.4) is 0 Å². The number of rotatable bonds is 3. The lowest BCUT2D eigenvalue weighted by molar-refractivity contribution is 0.281. The number of nitrogens with zero attached hydrogens (tertiary/aromatic N) is 3. The largest absolute Gasteiger partial charge is 0.392 e. The zero-order valence-corrected chi connectivity index (χ0v) is 9.06. The van der Waals surface area contributed by atoms with Gasteiger partial charge in [-0.25, -0.2) is 9.97 Å². The van der Waals surface area contributed by atoms with Crippen LogP contribution in [0, 0.1) is 0 Å². The molecular formula is C11H17N3O. The molecule has 1 aliphatic rings. The Kier molecular flexibility index (Phi) is 3.16. The van der Waals surface area contributed by atoms with Crippen molar-refractivity contribution in [3.8, 4) is 0 Å². The lowest BCUT2D eigenvalue weighted by Crippen LogP contribution is -2.30. The van der Waals surface area contributed by atoms with Gasteiger partial charge in [-0.05, 0) is 19.3 Å². The molecule has 2 heterocycles. The summed E-state index contributed by atoms with van der Waals surface area (Å²) in [4.78, 5) is 10.8. The first kappa shape index (κ1) is 10.4. The molecule has 1 aromatic rings. The minimum atomic E-state index is 0.0114. The van der Waals surface area contributed by atoms with Crippen LogP contribution in [0.1, 0.15) is 31.7 Å². The zero-order valence-electron chi connectivity index (χ0n) is 9.06. The van der Waals surface area contributed by atoms with Gasteiger partial charge in [-0.1, -0.05) is 6.92 Å². The first-order valence-electron chi connectivity index (χ1n) is 5.53.